The molecule has 0 saturated heterocycles. The molecule has 0 fully saturated rings. The van der Waals surface area contributed by atoms with Crippen LogP contribution in [-0.4, -0.2) is 34.2 Å². The van der Waals surface area contributed by atoms with E-state index in [0.717, 1.165) is 12.0 Å². The van der Waals surface area contributed by atoms with Crippen molar-refractivity contribution in [3.8, 4) is 0 Å². The quantitative estimate of drug-likeness (QED) is 0.487. The monoisotopic (exact) mass is 298 g/mol. The van der Waals surface area contributed by atoms with Gasteiger partial charge in [0.2, 0.25) is 0 Å². The summed E-state index contributed by atoms with van der Waals surface area (Å²) in [5.74, 6) is -0.116. The Bertz CT molecular complexity index is 476. The summed E-state index contributed by atoms with van der Waals surface area (Å²) < 4.78 is 0. The molecule has 0 aliphatic carbocycles. The Kier molecular flexibility index (Phi) is 3.42. The SMILES string of the molecule is O=C1c2cc([N+](=O)[O-])ccc2CCN1CCBr. The van der Waals surface area contributed by atoms with E-state index in [9.17, 15) is 14.9 Å². The molecule has 17 heavy (non-hydrogen) atoms. The topological polar surface area (TPSA) is 63.4 Å². The normalized spacial score (nSPS) is 14.6. The predicted molar refractivity (Wildman–Crippen MR) is 66.5 cm³/mol. The summed E-state index contributed by atoms with van der Waals surface area (Å²) in [5.41, 5.74) is 1.33. The highest BCUT2D eigenvalue weighted by Crippen LogP contribution is 2.23. The summed E-state index contributed by atoms with van der Waals surface area (Å²) in [5, 5.41) is 11.4. The molecule has 0 aromatic heterocycles. The fraction of sp³-hybridized carbons (Fsp3) is 0.364. The van der Waals surface area contributed by atoms with Crippen LogP contribution in [0.1, 0.15) is 15.9 Å². The van der Waals surface area contributed by atoms with Crippen molar-refractivity contribution in [2.45, 2.75) is 6.42 Å². The van der Waals surface area contributed by atoms with Gasteiger partial charge in [-0.1, -0.05) is 22.0 Å². The molecule has 0 N–H and O–H groups in total. The third-order valence-electron chi connectivity index (χ3n) is 2.83. The second-order valence-corrected chi connectivity index (χ2v) is 4.62. The third kappa shape index (κ3) is 2.31. The standard InChI is InChI=1S/C11H11BrN2O3/c12-4-6-13-5-3-8-1-2-9(14(16)17)7-10(8)11(13)15/h1-2,7H,3-6H2. The highest BCUT2D eigenvalue weighted by molar-refractivity contribution is 9.09. The van der Waals surface area contributed by atoms with Crippen molar-refractivity contribution in [3.05, 3.63) is 39.4 Å². The zero-order valence-corrected chi connectivity index (χ0v) is 10.6. The lowest BCUT2D eigenvalue weighted by molar-refractivity contribution is -0.384. The van der Waals surface area contributed by atoms with Crippen molar-refractivity contribution < 1.29 is 9.72 Å². The van der Waals surface area contributed by atoms with Crippen LogP contribution in [0.15, 0.2) is 18.2 Å². The van der Waals surface area contributed by atoms with Gasteiger partial charge in [0.25, 0.3) is 11.6 Å². The lowest BCUT2D eigenvalue weighted by Crippen LogP contribution is -2.38. The van der Waals surface area contributed by atoms with Gasteiger partial charge in [-0.15, -0.1) is 0 Å². The van der Waals surface area contributed by atoms with Crippen LogP contribution in [0.2, 0.25) is 0 Å². The molecule has 0 atom stereocenters. The molecule has 0 spiro atoms. The maximum Gasteiger partial charge on any atom is 0.270 e. The highest BCUT2D eigenvalue weighted by Gasteiger charge is 2.25. The highest BCUT2D eigenvalue weighted by atomic mass is 79.9. The van der Waals surface area contributed by atoms with E-state index in [-0.39, 0.29) is 11.6 Å². The number of carbonyl (C=O) groups excluding carboxylic acids is 1. The van der Waals surface area contributed by atoms with E-state index in [1.54, 1.807) is 11.0 Å². The fourth-order valence-electron chi connectivity index (χ4n) is 1.94. The number of benzene rings is 1. The summed E-state index contributed by atoms with van der Waals surface area (Å²) in [7, 11) is 0. The molecule has 1 aliphatic rings. The van der Waals surface area contributed by atoms with Gasteiger partial charge in [0, 0.05) is 36.1 Å². The van der Waals surface area contributed by atoms with Gasteiger partial charge in [-0.2, -0.15) is 0 Å². The van der Waals surface area contributed by atoms with Crippen LogP contribution in [0.3, 0.4) is 0 Å². The van der Waals surface area contributed by atoms with Crippen molar-refractivity contribution in [2.75, 3.05) is 18.4 Å². The van der Waals surface area contributed by atoms with E-state index in [2.05, 4.69) is 15.9 Å². The van der Waals surface area contributed by atoms with E-state index in [1.165, 1.54) is 12.1 Å². The second-order valence-electron chi connectivity index (χ2n) is 3.83. The number of alkyl halides is 1. The second kappa shape index (κ2) is 4.83. The minimum absolute atomic E-state index is 0.0298. The molecule has 90 valence electrons. The van der Waals surface area contributed by atoms with Crippen LogP contribution < -0.4 is 0 Å². The molecule has 0 saturated carbocycles. The molecular formula is C11H11BrN2O3. The van der Waals surface area contributed by atoms with E-state index in [4.69, 9.17) is 0 Å². The number of halogens is 1. The molecular weight excluding hydrogens is 288 g/mol. The van der Waals surface area contributed by atoms with Crippen LogP contribution in [0.5, 0.6) is 0 Å². The molecule has 0 unspecified atom stereocenters. The van der Waals surface area contributed by atoms with Gasteiger partial charge >= 0.3 is 0 Å². The summed E-state index contributed by atoms with van der Waals surface area (Å²) in [6.45, 7) is 1.30. The van der Waals surface area contributed by atoms with Crippen LogP contribution in [0.25, 0.3) is 0 Å². The predicted octanol–water partition coefficient (Wildman–Crippen LogP) is 1.99. The molecule has 1 aromatic carbocycles. The maximum atomic E-state index is 12.1. The molecule has 2 rings (SSSR count). The number of nitro groups is 1. The lowest BCUT2D eigenvalue weighted by Gasteiger charge is -2.27. The first-order valence-electron chi connectivity index (χ1n) is 5.26. The zero-order valence-electron chi connectivity index (χ0n) is 9.06. The Morgan fingerprint density at radius 1 is 1.47 bits per heavy atom. The van der Waals surface area contributed by atoms with Crippen molar-refractivity contribution in [1.82, 2.24) is 4.90 Å². The Hall–Kier alpha value is -1.43. The molecule has 0 bridgehead atoms. The Labute approximate surface area is 107 Å². The largest absolute Gasteiger partial charge is 0.337 e. The van der Waals surface area contributed by atoms with Gasteiger partial charge in [0.1, 0.15) is 0 Å². The number of carbonyl (C=O) groups is 1. The number of hydrogen-bond acceptors (Lipinski definition) is 3. The first kappa shape index (κ1) is 12.0. The first-order valence-corrected chi connectivity index (χ1v) is 6.38. The summed E-state index contributed by atoms with van der Waals surface area (Å²) in [4.78, 5) is 24.0. The molecule has 0 radical (unpaired) electrons. The average molecular weight is 299 g/mol. The first-order chi connectivity index (χ1) is 8.13. The lowest BCUT2D eigenvalue weighted by atomic mass is 9.98. The number of rotatable bonds is 3. The van der Waals surface area contributed by atoms with Crippen molar-refractivity contribution >= 4 is 27.5 Å². The van der Waals surface area contributed by atoms with E-state index < -0.39 is 4.92 Å². The van der Waals surface area contributed by atoms with Gasteiger partial charge in [0.05, 0.1) is 4.92 Å². The number of non-ortho nitro benzene ring substituents is 1. The van der Waals surface area contributed by atoms with Crippen LogP contribution >= 0.6 is 15.9 Å². The average Bonchev–Trinajstić information content (AvgIpc) is 2.32. The van der Waals surface area contributed by atoms with E-state index in [0.29, 0.717) is 24.0 Å². The summed E-state index contributed by atoms with van der Waals surface area (Å²) >= 11 is 3.29. The zero-order chi connectivity index (χ0) is 12.4. The Balaban J connectivity index is 2.36. The van der Waals surface area contributed by atoms with Crippen LogP contribution in [-0.2, 0) is 6.42 Å². The number of hydrogen-bond donors (Lipinski definition) is 0. The molecule has 6 heteroatoms. The van der Waals surface area contributed by atoms with Crippen molar-refractivity contribution in [1.29, 1.82) is 0 Å². The van der Waals surface area contributed by atoms with Crippen molar-refractivity contribution in [2.24, 2.45) is 0 Å². The number of nitrogens with zero attached hydrogens (tertiary/aromatic N) is 2. The minimum Gasteiger partial charge on any atom is -0.337 e. The molecule has 1 aliphatic heterocycles. The molecule has 1 heterocycles. The van der Waals surface area contributed by atoms with Gasteiger partial charge in [-0.3, -0.25) is 14.9 Å². The van der Waals surface area contributed by atoms with Crippen LogP contribution in [0.4, 0.5) is 5.69 Å². The Morgan fingerprint density at radius 3 is 2.88 bits per heavy atom. The van der Waals surface area contributed by atoms with Gasteiger partial charge in [0.15, 0.2) is 0 Å². The molecule has 1 aromatic rings. The van der Waals surface area contributed by atoms with Gasteiger partial charge in [-0.05, 0) is 12.0 Å². The van der Waals surface area contributed by atoms with E-state index in [1.807, 2.05) is 0 Å². The Morgan fingerprint density at radius 2 is 2.24 bits per heavy atom. The minimum atomic E-state index is -0.475. The maximum absolute atomic E-state index is 12.1. The van der Waals surface area contributed by atoms with Crippen LogP contribution in [0, 0.1) is 10.1 Å². The third-order valence-corrected chi connectivity index (χ3v) is 3.18. The number of nitro benzene ring substituents is 1. The van der Waals surface area contributed by atoms with Crippen molar-refractivity contribution in [3.63, 3.8) is 0 Å². The van der Waals surface area contributed by atoms with Gasteiger partial charge in [-0.25, -0.2) is 0 Å². The summed E-state index contributed by atoms with van der Waals surface area (Å²) in [6.07, 6.45) is 0.756. The summed E-state index contributed by atoms with van der Waals surface area (Å²) in [6, 6.07) is 4.50. The fourth-order valence-corrected chi connectivity index (χ4v) is 2.37. The number of fused-ring (bicyclic) bond motifs is 1. The van der Waals surface area contributed by atoms with E-state index >= 15 is 0 Å². The molecule has 1 amide bonds. The smallest absolute Gasteiger partial charge is 0.270 e. The molecule has 5 nitrogen and oxygen atoms in total. The van der Waals surface area contributed by atoms with Gasteiger partial charge < -0.3 is 4.90 Å². The number of amides is 1.